The van der Waals surface area contributed by atoms with E-state index in [0.717, 1.165) is 4.47 Å². The van der Waals surface area contributed by atoms with E-state index < -0.39 is 18.5 Å². The number of halogens is 2. The van der Waals surface area contributed by atoms with Crippen LogP contribution in [-0.2, 0) is 9.59 Å². The molecule has 0 bridgehead atoms. The van der Waals surface area contributed by atoms with Gasteiger partial charge < -0.3 is 19.9 Å². The number of carboxylic acid groups (broad SMARTS) is 1. The van der Waals surface area contributed by atoms with Crippen LogP contribution in [0.5, 0.6) is 11.5 Å². The van der Waals surface area contributed by atoms with Gasteiger partial charge in [0.15, 0.2) is 18.1 Å². The summed E-state index contributed by atoms with van der Waals surface area (Å²) in [7, 11) is 1.36. The zero-order valence-electron chi connectivity index (χ0n) is 14.5. The molecule has 0 fully saturated rings. The number of carbonyl (C=O) groups is 2. The molecule has 0 aromatic heterocycles. The Hall–Kier alpha value is -3.02. The minimum absolute atomic E-state index is 0.0570. The number of anilines is 1. The van der Waals surface area contributed by atoms with E-state index in [1.807, 2.05) is 6.07 Å². The molecule has 2 N–H and O–H groups in total. The van der Waals surface area contributed by atoms with Crippen molar-refractivity contribution < 1.29 is 24.2 Å². The minimum atomic E-state index is -1.17. The van der Waals surface area contributed by atoms with E-state index in [-0.39, 0.29) is 22.1 Å². The first-order valence-electron chi connectivity index (χ1n) is 7.75. The van der Waals surface area contributed by atoms with E-state index >= 15 is 0 Å². The molecular formula is C19H14BrClN2O5. The second kappa shape index (κ2) is 9.78. The Bertz CT molecular complexity index is 968. The van der Waals surface area contributed by atoms with Gasteiger partial charge in [0.1, 0.15) is 11.6 Å². The fraction of sp³-hybridized carbons (Fsp3) is 0.105. The van der Waals surface area contributed by atoms with Crippen LogP contribution in [0.1, 0.15) is 5.56 Å². The first-order valence-corrected chi connectivity index (χ1v) is 8.92. The lowest BCUT2D eigenvalue weighted by atomic mass is 10.1. The maximum atomic E-state index is 12.3. The number of nitrogens with zero attached hydrogens (tertiary/aromatic N) is 1. The molecule has 144 valence electrons. The number of carbonyl (C=O) groups excluding carboxylic acids is 1. The number of methoxy groups -OCH3 is 1. The molecule has 9 heteroatoms. The Morgan fingerprint density at radius 2 is 2.00 bits per heavy atom. The molecule has 1 amide bonds. The van der Waals surface area contributed by atoms with Crippen molar-refractivity contribution in [3.63, 3.8) is 0 Å². The molecule has 7 nitrogen and oxygen atoms in total. The molecule has 0 saturated carbocycles. The standard InChI is InChI=1S/C19H14BrClN2O5/c1-27-16-8-11(7-15(21)18(16)28-10-17(24)25)6-12(9-22)19(26)23-14-4-2-13(20)3-5-14/h2-8H,10H2,1H3,(H,23,26)(H,24,25)/b12-6+. The van der Waals surface area contributed by atoms with Crippen LogP contribution in [0, 0.1) is 11.3 Å². The Morgan fingerprint density at radius 3 is 2.57 bits per heavy atom. The van der Waals surface area contributed by atoms with Crippen molar-refractivity contribution in [1.82, 2.24) is 0 Å². The number of nitrogens with one attached hydrogen (secondary N) is 1. The smallest absolute Gasteiger partial charge is 0.341 e. The number of hydrogen-bond donors (Lipinski definition) is 2. The average Bonchev–Trinajstić information content (AvgIpc) is 2.66. The van der Waals surface area contributed by atoms with Crippen LogP contribution in [0.3, 0.4) is 0 Å². The highest BCUT2D eigenvalue weighted by atomic mass is 79.9. The van der Waals surface area contributed by atoms with Gasteiger partial charge in [0.25, 0.3) is 5.91 Å². The first-order chi connectivity index (χ1) is 13.3. The number of nitriles is 1. The molecule has 0 atom stereocenters. The molecule has 0 heterocycles. The summed E-state index contributed by atoms with van der Waals surface area (Å²) < 4.78 is 11.1. The average molecular weight is 466 g/mol. The van der Waals surface area contributed by atoms with Gasteiger partial charge in [-0.25, -0.2) is 4.79 Å². The third kappa shape index (κ3) is 5.74. The van der Waals surface area contributed by atoms with E-state index in [9.17, 15) is 14.9 Å². The Labute approximate surface area is 174 Å². The molecule has 0 saturated heterocycles. The monoisotopic (exact) mass is 464 g/mol. The highest BCUT2D eigenvalue weighted by Crippen LogP contribution is 2.37. The summed E-state index contributed by atoms with van der Waals surface area (Å²) in [5.41, 5.74) is 0.787. The molecular weight excluding hydrogens is 452 g/mol. The molecule has 2 aromatic carbocycles. The normalized spacial score (nSPS) is 10.7. The van der Waals surface area contributed by atoms with E-state index in [1.54, 1.807) is 24.3 Å². The lowest BCUT2D eigenvalue weighted by Gasteiger charge is -2.12. The number of ether oxygens (including phenoxy) is 2. The summed E-state index contributed by atoms with van der Waals surface area (Å²) in [6.45, 7) is -0.593. The summed E-state index contributed by atoms with van der Waals surface area (Å²) in [6, 6.07) is 11.6. The topological polar surface area (TPSA) is 109 Å². The molecule has 0 unspecified atom stereocenters. The number of benzene rings is 2. The number of aliphatic carboxylic acids is 1. The summed E-state index contributed by atoms with van der Waals surface area (Å²) in [5, 5.41) is 20.8. The molecule has 0 radical (unpaired) electrons. The predicted octanol–water partition coefficient (Wildman–Crippen LogP) is 4.12. The van der Waals surface area contributed by atoms with Gasteiger partial charge in [-0.15, -0.1) is 0 Å². The maximum absolute atomic E-state index is 12.3. The van der Waals surface area contributed by atoms with Crippen LogP contribution in [0.15, 0.2) is 46.4 Å². The second-order valence-corrected chi connectivity index (χ2v) is 6.67. The van der Waals surface area contributed by atoms with Crippen molar-refractivity contribution >= 4 is 51.2 Å². The van der Waals surface area contributed by atoms with Crippen LogP contribution < -0.4 is 14.8 Å². The molecule has 0 spiro atoms. The maximum Gasteiger partial charge on any atom is 0.341 e. The van der Waals surface area contributed by atoms with Gasteiger partial charge in [0, 0.05) is 10.2 Å². The SMILES string of the molecule is COc1cc(/C=C(\C#N)C(=O)Nc2ccc(Br)cc2)cc(Cl)c1OCC(=O)O. The molecule has 2 rings (SSSR count). The van der Waals surface area contributed by atoms with E-state index in [2.05, 4.69) is 21.2 Å². The van der Waals surface area contributed by atoms with E-state index in [4.69, 9.17) is 26.2 Å². The summed E-state index contributed by atoms with van der Waals surface area (Å²) >= 11 is 9.43. The largest absolute Gasteiger partial charge is 0.493 e. The van der Waals surface area contributed by atoms with E-state index in [1.165, 1.54) is 25.3 Å². The molecule has 2 aromatic rings. The van der Waals surface area contributed by atoms with Gasteiger partial charge in [-0.3, -0.25) is 4.79 Å². The van der Waals surface area contributed by atoms with E-state index in [0.29, 0.717) is 11.3 Å². The van der Waals surface area contributed by atoms with Gasteiger partial charge in [-0.05, 0) is 48.0 Å². The van der Waals surface area contributed by atoms with Gasteiger partial charge in [-0.1, -0.05) is 27.5 Å². The Kier molecular flexibility index (Phi) is 7.44. The number of hydrogen-bond acceptors (Lipinski definition) is 5. The van der Waals surface area contributed by atoms with Crippen molar-refractivity contribution in [2.75, 3.05) is 19.0 Å². The van der Waals surface area contributed by atoms with Crippen molar-refractivity contribution in [2.24, 2.45) is 0 Å². The fourth-order valence-corrected chi connectivity index (χ4v) is 2.68. The second-order valence-electron chi connectivity index (χ2n) is 5.35. The molecule has 0 aliphatic rings. The van der Waals surface area contributed by atoms with Crippen molar-refractivity contribution in [1.29, 1.82) is 5.26 Å². The van der Waals surface area contributed by atoms with Crippen LogP contribution in [0.2, 0.25) is 5.02 Å². The van der Waals surface area contributed by atoms with Gasteiger partial charge >= 0.3 is 5.97 Å². The quantitative estimate of drug-likeness (QED) is 0.470. The number of carboxylic acids is 1. The lowest BCUT2D eigenvalue weighted by Crippen LogP contribution is -2.13. The first kappa shape index (κ1) is 21.3. The number of rotatable bonds is 7. The lowest BCUT2D eigenvalue weighted by molar-refractivity contribution is -0.139. The van der Waals surface area contributed by atoms with Crippen molar-refractivity contribution in [3.05, 3.63) is 57.0 Å². The van der Waals surface area contributed by atoms with Crippen LogP contribution in [0.4, 0.5) is 5.69 Å². The fourth-order valence-electron chi connectivity index (χ4n) is 2.14. The third-order valence-electron chi connectivity index (χ3n) is 3.37. The molecule has 28 heavy (non-hydrogen) atoms. The Balaban J connectivity index is 2.28. The molecule has 0 aliphatic heterocycles. The summed E-state index contributed by atoms with van der Waals surface area (Å²) in [4.78, 5) is 23.0. The third-order valence-corrected chi connectivity index (χ3v) is 4.18. The minimum Gasteiger partial charge on any atom is -0.493 e. The summed E-state index contributed by atoms with van der Waals surface area (Å²) in [5.74, 6) is -1.53. The number of amides is 1. The van der Waals surface area contributed by atoms with Gasteiger partial charge in [0.2, 0.25) is 0 Å². The van der Waals surface area contributed by atoms with Crippen molar-refractivity contribution in [2.45, 2.75) is 0 Å². The highest BCUT2D eigenvalue weighted by molar-refractivity contribution is 9.10. The van der Waals surface area contributed by atoms with Crippen LogP contribution in [0.25, 0.3) is 6.08 Å². The Morgan fingerprint density at radius 1 is 1.32 bits per heavy atom. The predicted molar refractivity (Wildman–Crippen MR) is 107 cm³/mol. The summed E-state index contributed by atoms with van der Waals surface area (Å²) in [6.07, 6.45) is 1.34. The van der Waals surface area contributed by atoms with Crippen LogP contribution >= 0.6 is 27.5 Å². The van der Waals surface area contributed by atoms with Gasteiger partial charge in [0.05, 0.1) is 12.1 Å². The van der Waals surface area contributed by atoms with Crippen LogP contribution in [-0.4, -0.2) is 30.7 Å². The van der Waals surface area contributed by atoms with Gasteiger partial charge in [-0.2, -0.15) is 5.26 Å². The zero-order valence-corrected chi connectivity index (χ0v) is 16.9. The zero-order chi connectivity index (χ0) is 20.7. The van der Waals surface area contributed by atoms with Crippen molar-refractivity contribution in [3.8, 4) is 17.6 Å². The highest BCUT2D eigenvalue weighted by Gasteiger charge is 2.15. The molecule has 0 aliphatic carbocycles.